The average molecular weight is 449 g/mol. The Kier molecular flexibility index (Phi) is 5.88. The summed E-state index contributed by atoms with van der Waals surface area (Å²) in [7, 11) is 0. The molecule has 0 bridgehead atoms. The summed E-state index contributed by atoms with van der Waals surface area (Å²) in [4.78, 5) is 28.3. The number of carbonyl (C=O) groups excluding carboxylic acids is 2. The number of urea groups is 1. The van der Waals surface area contributed by atoms with Gasteiger partial charge in [0.1, 0.15) is 0 Å². The van der Waals surface area contributed by atoms with Crippen LogP contribution in [0.25, 0.3) is 0 Å². The third-order valence-electron chi connectivity index (χ3n) is 5.71. The van der Waals surface area contributed by atoms with E-state index in [4.69, 9.17) is 0 Å². The van der Waals surface area contributed by atoms with Crippen LogP contribution >= 0.6 is 11.8 Å². The fourth-order valence-electron chi connectivity index (χ4n) is 4.03. The molecule has 0 aromatic heterocycles. The van der Waals surface area contributed by atoms with Gasteiger partial charge < -0.3 is 15.1 Å². The average Bonchev–Trinajstić information content (AvgIpc) is 3.04. The van der Waals surface area contributed by atoms with E-state index in [1.165, 1.54) is 12.1 Å². The standard InChI is InChI=1S/C22H22F3N3O2S/c23-22(24,25)17-7-4-8-18(13-17)26-20(30)27-11-9-21(10-12-27)28(19(29)15-31-21)14-16-5-2-1-3-6-16/h1-8,13H,9-12,14-15H2,(H,26,30). The second-order valence-corrected chi connectivity index (χ2v) is 9.03. The van der Waals surface area contributed by atoms with Crippen molar-refractivity contribution in [2.45, 2.75) is 30.4 Å². The Morgan fingerprint density at radius 3 is 2.45 bits per heavy atom. The van der Waals surface area contributed by atoms with Crippen LogP contribution in [0.4, 0.5) is 23.7 Å². The summed E-state index contributed by atoms with van der Waals surface area (Å²) in [6.07, 6.45) is -3.23. The quantitative estimate of drug-likeness (QED) is 0.732. The van der Waals surface area contributed by atoms with Crippen molar-refractivity contribution in [1.82, 2.24) is 9.80 Å². The SMILES string of the molecule is O=C(Nc1cccc(C(F)(F)F)c1)N1CCC2(CC1)SCC(=O)N2Cc1ccccc1. The summed E-state index contributed by atoms with van der Waals surface area (Å²) >= 11 is 1.62. The highest BCUT2D eigenvalue weighted by Gasteiger charge is 2.48. The molecule has 3 amide bonds. The molecule has 2 saturated heterocycles. The maximum absolute atomic E-state index is 12.9. The number of anilines is 1. The van der Waals surface area contributed by atoms with E-state index < -0.39 is 17.8 Å². The Morgan fingerprint density at radius 2 is 1.77 bits per heavy atom. The molecule has 2 fully saturated rings. The third kappa shape index (κ3) is 4.66. The number of alkyl halides is 3. The fraction of sp³-hybridized carbons (Fsp3) is 0.364. The Bertz CT molecular complexity index is 960. The number of halogens is 3. The zero-order valence-electron chi connectivity index (χ0n) is 16.7. The van der Waals surface area contributed by atoms with Crippen LogP contribution in [-0.4, -0.2) is 45.5 Å². The van der Waals surface area contributed by atoms with E-state index in [-0.39, 0.29) is 16.5 Å². The number of hydrogen-bond acceptors (Lipinski definition) is 3. The zero-order chi connectivity index (χ0) is 22.1. The first-order chi connectivity index (χ1) is 14.8. The van der Waals surface area contributed by atoms with Gasteiger partial charge in [0.15, 0.2) is 0 Å². The third-order valence-corrected chi connectivity index (χ3v) is 7.27. The monoisotopic (exact) mass is 449 g/mol. The smallest absolute Gasteiger partial charge is 0.324 e. The van der Waals surface area contributed by atoms with Crippen LogP contribution < -0.4 is 5.32 Å². The summed E-state index contributed by atoms with van der Waals surface area (Å²) in [6, 6.07) is 14.0. The molecule has 0 unspecified atom stereocenters. The highest BCUT2D eigenvalue weighted by molar-refractivity contribution is 8.01. The molecule has 4 rings (SSSR count). The molecule has 164 valence electrons. The van der Waals surface area contributed by atoms with E-state index in [1.54, 1.807) is 16.7 Å². The van der Waals surface area contributed by atoms with Crippen molar-refractivity contribution in [3.8, 4) is 0 Å². The van der Waals surface area contributed by atoms with Crippen LogP contribution in [0.3, 0.4) is 0 Å². The second kappa shape index (κ2) is 8.45. The lowest BCUT2D eigenvalue weighted by molar-refractivity contribution is -0.137. The normalized spacial score (nSPS) is 18.5. The molecule has 2 aliphatic heterocycles. The number of rotatable bonds is 3. The minimum atomic E-state index is -4.47. The van der Waals surface area contributed by atoms with Crippen molar-refractivity contribution >= 4 is 29.4 Å². The molecule has 1 N–H and O–H groups in total. The van der Waals surface area contributed by atoms with Gasteiger partial charge in [-0.3, -0.25) is 4.79 Å². The van der Waals surface area contributed by atoms with E-state index in [9.17, 15) is 22.8 Å². The summed E-state index contributed by atoms with van der Waals surface area (Å²) in [5.41, 5.74) is 0.360. The molecule has 0 atom stereocenters. The van der Waals surface area contributed by atoms with Crippen LogP contribution in [0, 0.1) is 0 Å². The minimum Gasteiger partial charge on any atom is -0.324 e. The molecule has 9 heteroatoms. The largest absolute Gasteiger partial charge is 0.416 e. The molecular formula is C22H22F3N3O2S. The first-order valence-electron chi connectivity index (χ1n) is 9.98. The van der Waals surface area contributed by atoms with Crippen LogP contribution in [0.5, 0.6) is 0 Å². The van der Waals surface area contributed by atoms with Crippen molar-refractivity contribution in [2.24, 2.45) is 0 Å². The van der Waals surface area contributed by atoms with Crippen LogP contribution in [0.1, 0.15) is 24.0 Å². The number of carbonyl (C=O) groups is 2. The highest BCUT2D eigenvalue weighted by atomic mass is 32.2. The van der Waals surface area contributed by atoms with Crippen molar-refractivity contribution in [3.63, 3.8) is 0 Å². The number of nitrogens with one attached hydrogen (secondary N) is 1. The van der Waals surface area contributed by atoms with Gasteiger partial charge in [0.05, 0.1) is 16.2 Å². The van der Waals surface area contributed by atoms with Gasteiger partial charge in [0, 0.05) is 25.3 Å². The summed E-state index contributed by atoms with van der Waals surface area (Å²) in [6.45, 7) is 1.38. The molecule has 31 heavy (non-hydrogen) atoms. The summed E-state index contributed by atoms with van der Waals surface area (Å²) in [5, 5.41) is 2.56. The number of hydrogen-bond donors (Lipinski definition) is 1. The molecule has 5 nitrogen and oxygen atoms in total. The first-order valence-corrected chi connectivity index (χ1v) is 11.0. The van der Waals surface area contributed by atoms with E-state index >= 15 is 0 Å². The molecular weight excluding hydrogens is 427 g/mol. The maximum Gasteiger partial charge on any atom is 0.416 e. The van der Waals surface area contributed by atoms with Gasteiger partial charge in [-0.15, -0.1) is 11.8 Å². The van der Waals surface area contributed by atoms with Gasteiger partial charge in [-0.1, -0.05) is 36.4 Å². The van der Waals surface area contributed by atoms with Crippen molar-refractivity contribution in [1.29, 1.82) is 0 Å². The van der Waals surface area contributed by atoms with Crippen LogP contribution in [-0.2, 0) is 17.5 Å². The molecule has 0 radical (unpaired) electrons. The van der Waals surface area contributed by atoms with Crippen molar-refractivity contribution in [3.05, 3.63) is 65.7 Å². The van der Waals surface area contributed by atoms with Crippen LogP contribution in [0.2, 0.25) is 0 Å². The van der Waals surface area contributed by atoms with Gasteiger partial charge in [0.25, 0.3) is 0 Å². The van der Waals surface area contributed by atoms with Gasteiger partial charge in [-0.25, -0.2) is 4.79 Å². The fourth-order valence-corrected chi connectivity index (χ4v) is 5.37. The maximum atomic E-state index is 12.9. The van der Waals surface area contributed by atoms with E-state index in [1.807, 2.05) is 35.2 Å². The Morgan fingerprint density at radius 1 is 1.06 bits per heavy atom. The number of amides is 3. The predicted octanol–water partition coefficient (Wildman–Crippen LogP) is 4.81. The number of benzene rings is 2. The molecule has 2 aromatic rings. The van der Waals surface area contributed by atoms with E-state index in [0.29, 0.717) is 38.2 Å². The predicted molar refractivity (Wildman–Crippen MR) is 113 cm³/mol. The molecule has 1 spiro atoms. The summed E-state index contributed by atoms with van der Waals surface area (Å²) < 4.78 is 38.7. The van der Waals surface area contributed by atoms with Gasteiger partial charge in [0.2, 0.25) is 5.91 Å². The molecule has 2 heterocycles. The number of nitrogens with zero attached hydrogens (tertiary/aromatic N) is 2. The molecule has 2 aliphatic rings. The molecule has 2 aromatic carbocycles. The van der Waals surface area contributed by atoms with Crippen molar-refractivity contribution < 1.29 is 22.8 Å². The van der Waals surface area contributed by atoms with Crippen molar-refractivity contribution in [2.75, 3.05) is 24.2 Å². The Balaban J connectivity index is 1.40. The lowest BCUT2D eigenvalue weighted by Crippen LogP contribution is -2.53. The van der Waals surface area contributed by atoms with Gasteiger partial charge >= 0.3 is 12.2 Å². The first kappa shape index (κ1) is 21.5. The molecule has 0 saturated carbocycles. The minimum absolute atomic E-state index is 0.0933. The highest BCUT2D eigenvalue weighted by Crippen LogP contribution is 2.45. The number of thioether (sulfide) groups is 1. The summed E-state index contributed by atoms with van der Waals surface area (Å²) in [5.74, 6) is 0.513. The Hall–Kier alpha value is -2.68. The number of likely N-dealkylation sites (tertiary alicyclic amines) is 1. The van der Waals surface area contributed by atoms with E-state index in [2.05, 4.69) is 5.32 Å². The van der Waals surface area contributed by atoms with Gasteiger partial charge in [-0.05, 0) is 36.6 Å². The second-order valence-electron chi connectivity index (χ2n) is 7.70. The van der Waals surface area contributed by atoms with E-state index in [0.717, 1.165) is 17.7 Å². The Labute approximate surface area is 182 Å². The zero-order valence-corrected chi connectivity index (χ0v) is 17.5. The van der Waals surface area contributed by atoms with Crippen LogP contribution in [0.15, 0.2) is 54.6 Å². The lowest BCUT2D eigenvalue weighted by Gasteiger charge is -2.44. The van der Waals surface area contributed by atoms with Gasteiger partial charge in [-0.2, -0.15) is 13.2 Å². The number of piperidine rings is 1. The lowest BCUT2D eigenvalue weighted by atomic mass is 10.0. The molecule has 0 aliphatic carbocycles. The topological polar surface area (TPSA) is 52.7 Å².